The van der Waals surface area contributed by atoms with Crippen LogP contribution in [0, 0.1) is 6.92 Å². The molecule has 0 bridgehead atoms. The van der Waals surface area contributed by atoms with Gasteiger partial charge in [0.05, 0.1) is 5.69 Å². The normalized spacial score (nSPS) is 11.4. The summed E-state index contributed by atoms with van der Waals surface area (Å²) in [6.07, 6.45) is 5.73. The molecule has 0 atom stereocenters. The van der Waals surface area contributed by atoms with Gasteiger partial charge >= 0.3 is 0 Å². The average molecular weight is 256 g/mol. The molecule has 0 unspecified atom stereocenters. The number of aliphatic imine (C=N–C) groups is 1. The summed E-state index contributed by atoms with van der Waals surface area (Å²) in [5.74, 6) is 0. The van der Waals surface area contributed by atoms with Crippen molar-refractivity contribution >= 4 is 29.6 Å². The van der Waals surface area contributed by atoms with Gasteiger partial charge in [-0.05, 0) is 36.3 Å². The van der Waals surface area contributed by atoms with Crippen LogP contribution in [0.4, 0.5) is 5.69 Å². The molecule has 0 saturated carbocycles. The van der Waals surface area contributed by atoms with Gasteiger partial charge in [-0.25, -0.2) is 0 Å². The van der Waals surface area contributed by atoms with Gasteiger partial charge in [-0.15, -0.1) is 0 Å². The second kappa shape index (κ2) is 6.18. The van der Waals surface area contributed by atoms with Gasteiger partial charge in [-0.3, -0.25) is 4.99 Å². The fourth-order valence-corrected chi connectivity index (χ4v) is 1.73. The predicted molar refractivity (Wildman–Crippen MR) is 79.8 cm³/mol. The third-order valence-corrected chi connectivity index (χ3v) is 2.79. The van der Waals surface area contributed by atoms with Crippen molar-refractivity contribution < 1.29 is 0 Å². The SMILES string of the molecule is Cc1ccc(Cl)cc1N=CC=Cc1ccccc1. The Balaban J connectivity index is 2.08. The van der Waals surface area contributed by atoms with Crippen LogP contribution in [0.1, 0.15) is 11.1 Å². The first-order valence-corrected chi connectivity index (χ1v) is 6.15. The summed E-state index contributed by atoms with van der Waals surface area (Å²) in [5, 5.41) is 0.708. The van der Waals surface area contributed by atoms with Crippen molar-refractivity contribution in [2.24, 2.45) is 4.99 Å². The number of hydrogen-bond acceptors (Lipinski definition) is 1. The third-order valence-electron chi connectivity index (χ3n) is 2.56. The van der Waals surface area contributed by atoms with Crippen molar-refractivity contribution in [3.63, 3.8) is 0 Å². The van der Waals surface area contributed by atoms with Gasteiger partial charge < -0.3 is 0 Å². The topological polar surface area (TPSA) is 12.4 Å². The van der Waals surface area contributed by atoms with E-state index in [1.807, 2.05) is 55.5 Å². The lowest BCUT2D eigenvalue weighted by atomic mass is 10.2. The highest BCUT2D eigenvalue weighted by Gasteiger charge is 1.95. The van der Waals surface area contributed by atoms with Crippen LogP contribution >= 0.6 is 11.6 Å². The Bertz CT molecular complexity index is 571. The van der Waals surface area contributed by atoms with E-state index in [0.29, 0.717) is 5.02 Å². The van der Waals surface area contributed by atoms with E-state index in [2.05, 4.69) is 17.1 Å². The number of nitrogens with zero attached hydrogens (tertiary/aromatic N) is 1. The zero-order chi connectivity index (χ0) is 12.8. The lowest BCUT2D eigenvalue weighted by Crippen LogP contribution is -1.75. The van der Waals surface area contributed by atoms with E-state index in [-0.39, 0.29) is 0 Å². The lowest BCUT2D eigenvalue weighted by Gasteiger charge is -1.98. The van der Waals surface area contributed by atoms with Crippen LogP contribution in [-0.2, 0) is 0 Å². The minimum Gasteiger partial charge on any atom is -0.257 e. The first-order chi connectivity index (χ1) is 8.75. The molecule has 0 aliphatic heterocycles. The van der Waals surface area contributed by atoms with Crippen molar-refractivity contribution in [2.45, 2.75) is 6.92 Å². The average Bonchev–Trinajstić information content (AvgIpc) is 2.40. The van der Waals surface area contributed by atoms with E-state index in [4.69, 9.17) is 11.6 Å². The lowest BCUT2D eigenvalue weighted by molar-refractivity contribution is 1.41. The molecule has 0 aliphatic carbocycles. The highest BCUT2D eigenvalue weighted by Crippen LogP contribution is 2.22. The third kappa shape index (κ3) is 3.57. The number of hydrogen-bond donors (Lipinski definition) is 0. The van der Waals surface area contributed by atoms with E-state index in [1.165, 1.54) is 0 Å². The minimum atomic E-state index is 0.708. The summed E-state index contributed by atoms with van der Waals surface area (Å²) >= 11 is 5.93. The smallest absolute Gasteiger partial charge is 0.0673 e. The fraction of sp³-hybridized carbons (Fsp3) is 0.0625. The standard InChI is InChI=1S/C16H14ClN/c1-13-9-10-15(17)12-16(13)18-11-5-8-14-6-3-2-4-7-14/h2-12H,1H3. The van der Waals surface area contributed by atoms with Gasteiger partial charge in [0.15, 0.2) is 0 Å². The van der Waals surface area contributed by atoms with Crippen LogP contribution in [0.2, 0.25) is 5.02 Å². The Morgan fingerprint density at radius 3 is 2.61 bits per heavy atom. The van der Waals surface area contributed by atoms with E-state index in [9.17, 15) is 0 Å². The molecule has 2 aromatic carbocycles. The molecule has 18 heavy (non-hydrogen) atoms. The van der Waals surface area contributed by atoms with Crippen LogP contribution in [0.5, 0.6) is 0 Å². The summed E-state index contributed by atoms with van der Waals surface area (Å²) in [6.45, 7) is 2.02. The molecule has 0 aliphatic rings. The van der Waals surface area contributed by atoms with E-state index in [1.54, 1.807) is 6.21 Å². The molecule has 0 N–H and O–H groups in total. The van der Waals surface area contributed by atoms with Gasteiger partial charge in [0.2, 0.25) is 0 Å². The Hall–Kier alpha value is -1.86. The first kappa shape index (κ1) is 12.6. The van der Waals surface area contributed by atoms with Crippen molar-refractivity contribution in [3.05, 3.63) is 70.8 Å². The number of halogens is 1. The molecule has 1 nitrogen and oxygen atoms in total. The molecule has 2 heteroatoms. The summed E-state index contributed by atoms with van der Waals surface area (Å²) in [7, 11) is 0. The van der Waals surface area contributed by atoms with Crippen LogP contribution in [-0.4, -0.2) is 6.21 Å². The molecule has 0 aromatic heterocycles. The van der Waals surface area contributed by atoms with Crippen LogP contribution in [0.15, 0.2) is 59.6 Å². The predicted octanol–water partition coefficient (Wildman–Crippen LogP) is 5.06. The van der Waals surface area contributed by atoms with Gasteiger partial charge in [0, 0.05) is 11.2 Å². The Labute approximate surface area is 112 Å². The molecule has 0 saturated heterocycles. The van der Waals surface area contributed by atoms with Crippen molar-refractivity contribution in [1.82, 2.24) is 0 Å². The van der Waals surface area contributed by atoms with Crippen LogP contribution in [0.3, 0.4) is 0 Å². The molecule has 2 aromatic rings. The molecular weight excluding hydrogens is 242 g/mol. The Morgan fingerprint density at radius 2 is 1.83 bits per heavy atom. The molecule has 0 fully saturated rings. The zero-order valence-electron chi connectivity index (χ0n) is 10.2. The summed E-state index contributed by atoms with van der Waals surface area (Å²) in [6, 6.07) is 15.8. The fourth-order valence-electron chi connectivity index (χ4n) is 1.56. The Morgan fingerprint density at radius 1 is 1.06 bits per heavy atom. The molecular formula is C16H14ClN. The second-order valence-corrected chi connectivity index (χ2v) is 4.42. The van der Waals surface area contributed by atoms with Crippen LogP contribution in [0.25, 0.3) is 6.08 Å². The number of aryl methyl sites for hydroxylation is 1. The maximum atomic E-state index is 5.93. The highest BCUT2D eigenvalue weighted by atomic mass is 35.5. The quantitative estimate of drug-likeness (QED) is 0.680. The van der Waals surface area contributed by atoms with Crippen LogP contribution < -0.4 is 0 Å². The summed E-state index contributed by atoms with van der Waals surface area (Å²) in [4.78, 5) is 4.39. The van der Waals surface area contributed by atoms with Crippen molar-refractivity contribution in [3.8, 4) is 0 Å². The van der Waals surface area contributed by atoms with Gasteiger partial charge in [0.25, 0.3) is 0 Å². The maximum Gasteiger partial charge on any atom is 0.0673 e. The minimum absolute atomic E-state index is 0.708. The molecule has 0 radical (unpaired) electrons. The van der Waals surface area contributed by atoms with E-state index in [0.717, 1.165) is 16.8 Å². The van der Waals surface area contributed by atoms with Crippen molar-refractivity contribution in [2.75, 3.05) is 0 Å². The molecule has 90 valence electrons. The molecule has 0 amide bonds. The summed E-state index contributed by atoms with van der Waals surface area (Å²) < 4.78 is 0. The van der Waals surface area contributed by atoms with Gasteiger partial charge in [-0.1, -0.05) is 54.1 Å². The number of allylic oxidation sites excluding steroid dienone is 1. The van der Waals surface area contributed by atoms with Gasteiger partial charge in [0.1, 0.15) is 0 Å². The highest BCUT2D eigenvalue weighted by molar-refractivity contribution is 6.30. The molecule has 0 spiro atoms. The summed E-state index contributed by atoms with van der Waals surface area (Å²) in [5.41, 5.74) is 3.18. The number of benzene rings is 2. The molecule has 0 heterocycles. The number of rotatable bonds is 3. The van der Waals surface area contributed by atoms with Gasteiger partial charge in [-0.2, -0.15) is 0 Å². The monoisotopic (exact) mass is 255 g/mol. The van der Waals surface area contributed by atoms with Crippen molar-refractivity contribution in [1.29, 1.82) is 0 Å². The van der Waals surface area contributed by atoms with E-state index >= 15 is 0 Å². The Kier molecular flexibility index (Phi) is 4.32. The molecule has 2 rings (SSSR count). The first-order valence-electron chi connectivity index (χ1n) is 5.77. The zero-order valence-corrected chi connectivity index (χ0v) is 10.9. The second-order valence-electron chi connectivity index (χ2n) is 3.98. The van der Waals surface area contributed by atoms with E-state index < -0.39 is 0 Å². The largest absolute Gasteiger partial charge is 0.257 e. The maximum absolute atomic E-state index is 5.93.